The van der Waals surface area contributed by atoms with Gasteiger partial charge < -0.3 is 9.88 Å². The molecule has 1 rings (SSSR count). The molecular formula is C10H19N3O2S. The third-order valence-corrected chi connectivity index (χ3v) is 3.01. The maximum absolute atomic E-state index is 11.0. The Hall–Kier alpha value is -1.04. The Morgan fingerprint density at radius 3 is 2.75 bits per heavy atom. The lowest BCUT2D eigenvalue weighted by Crippen LogP contribution is -2.16. The quantitative estimate of drug-likeness (QED) is 0.812. The predicted octanol–water partition coefficient (Wildman–Crippen LogP) is 0.996. The molecule has 0 unspecified atom stereocenters. The number of hydrogen-bond acceptors (Lipinski definition) is 4. The largest absolute Gasteiger partial charge is 0.355 e. The lowest BCUT2D eigenvalue weighted by Gasteiger charge is -2.10. The summed E-state index contributed by atoms with van der Waals surface area (Å²) in [5, 5.41) is 3.19. The van der Waals surface area contributed by atoms with E-state index in [1.807, 2.05) is 4.57 Å². The zero-order valence-corrected chi connectivity index (χ0v) is 10.8. The second kappa shape index (κ2) is 5.34. The number of anilines is 1. The van der Waals surface area contributed by atoms with E-state index in [4.69, 9.17) is 0 Å². The second-order valence-corrected chi connectivity index (χ2v) is 6.61. The van der Waals surface area contributed by atoms with Crippen LogP contribution in [0.15, 0.2) is 12.4 Å². The molecule has 0 aliphatic carbocycles. The zero-order valence-electron chi connectivity index (χ0n) is 9.97. The first-order chi connectivity index (χ1) is 7.38. The maximum Gasteiger partial charge on any atom is 0.202 e. The molecule has 92 valence electrons. The van der Waals surface area contributed by atoms with Crippen molar-refractivity contribution >= 4 is 15.8 Å². The summed E-state index contributed by atoms with van der Waals surface area (Å²) in [5.41, 5.74) is 0. The van der Waals surface area contributed by atoms with Gasteiger partial charge in [0.25, 0.3) is 0 Å². The highest BCUT2D eigenvalue weighted by molar-refractivity contribution is 7.90. The van der Waals surface area contributed by atoms with Crippen LogP contribution in [0.4, 0.5) is 5.95 Å². The number of aromatic nitrogens is 2. The van der Waals surface area contributed by atoms with Gasteiger partial charge in [-0.3, -0.25) is 0 Å². The van der Waals surface area contributed by atoms with Crippen molar-refractivity contribution in [1.82, 2.24) is 9.55 Å². The van der Waals surface area contributed by atoms with E-state index in [1.54, 1.807) is 12.4 Å². The minimum absolute atomic E-state index is 0.139. The third-order valence-electron chi connectivity index (χ3n) is 2.09. The van der Waals surface area contributed by atoms with Crippen LogP contribution < -0.4 is 5.32 Å². The minimum Gasteiger partial charge on any atom is -0.355 e. The summed E-state index contributed by atoms with van der Waals surface area (Å²) in [7, 11) is -2.92. The van der Waals surface area contributed by atoms with E-state index in [2.05, 4.69) is 24.1 Å². The van der Waals surface area contributed by atoms with Crippen LogP contribution in [-0.2, 0) is 16.4 Å². The fourth-order valence-electron chi connectivity index (χ4n) is 1.22. The summed E-state index contributed by atoms with van der Waals surface area (Å²) in [6.07, 6.45) is 4.70. The van der Waals surface area contributed by atoms with Gasteiger partial charge in [0.1, 0.15) is 9.84 Å². The molecule has 1 heterocycles. The molecule has 6 heteroatoms. The van der Waals surface area contributed by atoms with Crippen LogP contribution >= 0.6 is 0 Å². The van der Waals surface area contributed by atoms with Gasteiger partial charge in [-0.25, -0.2) is 13.4 Å². The van der Waals surface area contributed by atoms with E-state index in [0.717, 1.165) is 12.5 Å². The van der Waals surface area contributed by atoms with E-state index < -0.39 is 9.84 Å². The van der Waals surface area contributed by atoms with Gasteiger partial charge in [0.05, 0.1) is 5.75 Å². The number of nitrogens with one attached hydrogen (secondary N) is 1. The van der Waals surface area contributed by atoms with Gasteiger partial charge in [-0.15, -0.1) is 0 Å². The van der Waals surface area contributed by atoms with Gasteiger partial charge in [-0.2, -0.15) is 0 Å². The van der Waals surface area contributed by atoms with Crippen LogP contribution in [0.3, 0.4) is 0 Å². The molecule has 0 aliphatic rings. The molecule has 0 saturated carbocycles. The SMILES string of the molecule is CC(C)CNc1nccn1CCS(C)(=O)=O. The number of aryl methyl sites for hydroxylation is 1. The van der Waals surface area contributed by atoms with E-state index in [9.17, 15) is 8.42 Å². The molecule has 0 aromatic carbocycles. The second-order valence-electron chi connectivity index (χ2n) is 4.35. The zero-order chi connectivity index (χ0) is 12.2. The van der Waals surface area contributed by atoms with Crippen molar-refractivity contribution in [2.45, 2.75) is 20.4 Å². The average Bonchev–Trinajstić information content (AvgIpc) is 2.57. The first-order valence-corrected chi connectivity index (χ1v) is 7.37. The molecule has 1 N–H and O–H groups in total. The number of sulfone groups is 1. The molecule has 16 heavy (non-hydrogen) atoms. The lowest BCUT2D eigenvalue weighted by molar-refractivity contribution is 0.594. The fraction of sp³-hybridized carbons (Fsp3) is 0.700. The summed E-state index contributed by atoms with van der Waals surface area (Å²) < 4.78 is 23.9. The van der Waals surface area contributed by atoms with Gasteiger partial charge in [-0.1, -0.05) is 13.8 Å². The van der Waals surface area contributed by atoms with Gasteiger partial charge in [-0.05, 0) is 5.92 Å². The molecule has 0 atom stereocenters. The monoisotopic (exact) mass is 245 g/mol. The number of hydrogen-bond donors (Lipinski definition) is 1. The molecular weight excluding hydrogens is 226 g/mol. The van der Waals surface area contributed by atoms with Gasteiger partial charge >= 0.3 is 0 Å². The van der Waals surface area contributed by atoms with Crippen LogP contribution in [0.5, 0.6) is 0 Å². The molecule has 0 bridgehead atoms. The van der Waals surface area contributed by atoms with Crippen molar-refractivity contribution in [2.75, 3.05) is 23.9 Å². The number of nitrogens with zero attached hydrogens (tertiary/aromatic N) is 2. The summed E-state index contributed by atoms with van der Waals surface area (Å²) >= 11 is 0. The smallest absolute Gasteiger partial charge is 0.202 e. The van der Waals surface area contributed by atoms with Gasteiger partial charge in [0, 0.05) is 31.7 Å². The standard InChI is InChI=1S/C10H19N3O2S/c1-9(2)8-12-10-11-4-5-13(10)6-7-16(3,14)15/h4-5,9H,6-8H2,1-3H3,(H,11,12). The molecule has 0 spiro atoms. The van der Waals surface area contributed by atoms with Gasteiger partial charge in [0.15, 0.2) is 0 Å². The molecule has 0 saturated heterocycles. The van der Waals surface area contributed by atoms with Gasteiger partial charge in [0.2, 0.25) is 5.95 Å². The van der Waals surface area contributed by atoms with Crippen molar-refractivity contribution in [3.05, 3.63) is 12.4 Å². The van der Waals surface area contributed by atoms with Crippen molar-refractivity contribution in [1.29, 1.82) is 0 Å². The Kier molecular flexibility index (Phi) is 4.35. The fourth-order valence-corrected chi connectivity index (χ4v) is 1.74. The van der Waals surface area contributed by atoms with Crippen LogP contribution in [-0.4, -0.2) is 36.5 Å². The predicted molar refractivity (Wildman–Crippen MR) is 65.3 cm³/mol. The molecule has 0 amide bonds. The molecule has 1 aromatic rings. The first kappa shape index (κ1) is 13.0. The lowest BCUT2D eigenvalue weighted by atomic mass is 10.2. The Morgan fingerprint density at radius 1 is 1.50 bits per heavy atom. The number of rotatable bonds is 6. The summed E-state index contributed by atoms with van der Waals surface area (Å²) in [5.74, 6) is 1.40. The molecule has 5 nitrogen and oxygen atoms in total. The topological polar surface area (TPSA) is 64.0 Å². The van der Waals surface area contributed by atoms with E-state index in [0.29, 0.717) is 12.5 Å². The molecule has 0 aliphatic heterocycles. The average molecular weight is 245 g/mol. The summed E-state index contributed by atoms with van der Waals surface area (Å²) in [6, 6.07) is 0. The Balaban J connectivity index is 2.57. The van der Waals surface area contributed by atoms with E-state index >= 15 is 0 Å². The van der Waals surface area contributed by atoms with E-state index in [-0.39, 0.29) is 5.75 Å². The summed E-state index contributed by atoms with van der Waals surface area (Å²) in [6.45, 7) is 5.49. The Labute approximate surface area is 96.8 Å². The highest BCUT2D eigenvalue weighted by atomic mass is 32.2. The molecule has 1 aromatic heterocycles. The third kappa shape index (κ3) is 4.65. The molecule has 0 radical (unpaired) electrons. The van der Waals surface area contributed by atoms with Crippen LogP contribution in [0.1, 0.15) is 13.8 Å². The van der Waals surface area contributed by atoms with Crippen LogP contribution in [0.2, 0.25) is 0 Å². The minimum atomic E-state index is -2.92. The van der Waals surface area contributed by atoms with Crippen molar-refractivity contribution in [2.24, 2.45) is 5.92 Å². The number of imidazole rings is 1. The van der Waals surface area contributed by atoms with Crippen molar-refractivity contribution < 1.29 is 8.42 Å². The Bertz CT molecular complexity index is 423. The molecule has 0 fully saturated rings. The van der Waals surface area contributed by atoms with Crippen molar-refractivity contribution in [3.63, 3.8) is 0 Å². The highest BCUT2D eigenvalue weighted by Gasteiger charge is 2.06. The van der Waals surface area contributed by atoms with Crippen LogP contribution in [0, 0.1) is 5.92 Å². The normalized spacial score (nSPS) is 12.0. The first-order valence-electron chi connectivity index (χ1n) is 5.31. The summed E-state index contributed by atoms with van der Waals surface area (Å²) in [4.78, 5) is 4.15. The van der Waals surface area contributed by atoms with Crippen molar-refractivity contribution in [3.8, 4) is 0 Å². The maximum atomic E-state index is 11.0. The Morgan fingerprint density at radius 2 is 2.19 bits per heavy atom. The highest BCUT2D eigenvalue weighted by Crippen LogP contribution is 2.05. The van der Waals surface area contributed by atoms with E-state index in [1.165, 1.54) is 6.26 Å². The van der Waals surface area contributed by atoms with Crippen LogP contribution in [0.25, 0.3) is 0 Å².